The molecule has 5 rings (SSSR count). The van der Waals surface area contributed by atoms with Crippen molar-refractivity contribution < 1.29 is 19.1 Å². The van der Waals surface area contributed by atoms with E-state index in [1.165, 1.54) is 18.9 Å². The molecular weight excluding hydrogens is 488 g/mol. The maximum atomic E-state index is 13.6. The average Bonchev–Trinajstić information content (AvgIpc) is 3.29. The van der Waals surface area contributed by atoms with E-state index < -0.39 is 11.3 Å². The molecule has 0 radical (unpaired) electrons. The predicted octanol–water partition coefficient (Wildman–Crippen LogP) is 5.19. The number of hydrogen-bond acceptors (Lipinski definition) is 7. The van der Waals surface area contributed by atoms with E-state index in [9.17, 15) is 9.59 Å². The topological polar surface area (TPSA) is 92.6 Å². The van der Waals surface area contributed by atoms with Gasteiger partial charge in [-0.25, -0.2) is 14.9 Å². The molecule has 1 N–H and O–H groups in total. The summed E-state index contributed by atoms with van der Waals surface area (Å²) >= 11 is 1.25. The van der Waals surface area contributed by atoms with Crippen LogP contribution >= 0.6 is 11.8 Å². The van der Waals surface area contributed by atoms with Gasteiger partial charge < -0.3 is 14.8 Å². The summed E-state index contributed by atoms with van der Waals surface area (Å²) < 4.78 is 10.7. The Labute approximate surface area is 219 Å². The number of hydrogen-bond donors (Lipinski definition) is 1. The molecule has 2 aliphatic heterocycles. The van der Waals surface area contributed by atoms with E-state index in [0.29, 0.717) is 40.3 Å². The minimum atomic E-state index is -0.661. The van der Waals surface area contributed by atoms with E-state index in [1.54, 1.807) is 30.2 Å². The van der Waals surface area contributed by atoms with Crippen molar-refractivity contribution >= 4 is 46.0 Å². The summed E-state index contributed by atoms with van der Waals surface area (Å²) in [4.78, 5) is 38.1. The van der Waals surface area contributed by atoms with Crippen LogP contribution in [0.3, 0.4) is 0 Å². The zero-order chi connectivity index (χ0) is 25.9. The monoisotopic (exact) mass is 514 g/mol. The molecule has 0 saturated carbocycles. The number of nitrogens with one attached hydrogen (secondary N) is 1. The Balaban J connectivity index is 1.44. The van der Waals surface area contributed by atoms with Crippen molar-refractivity contribution in [1.82, 2.24) is 4.90 Å². The fourth-order valence-corrected chi connectivity index (χ4v) is 5.27. The molecule has 0 bridgehead atoms. The first-order chi connectivity index (χ1) is 18.0. The lowest BCUT2D eigenvalue weighted by molar-refractivity contribution is -0.124. The predicted molar refractivity (Wildman–Crippen MR) is 146 cm³/mol. The lowest BCUT2D eigenvalue weighted by Crippen LogP contribution is -2.41. The zero-order valence-corrected chi connectivity index (χ0v) is 21.5. The highest BCUT2D eigenvalue weighted by atomic mass is 32.2. The van der Waals surface area contributed by atoms with Crippen molar-refractivity contribution in [2.75, 3.05) is 19.5 Å². The Hall–Kier alpha value is -4.11. The number of methoxy groups -OCH3 is 2. The van der Waals surface area contributed by atoms with Gasteiger partial charge in [0.15, 0.2) is 11.2 Å². The first kappa shape index (κ1) is 24.6. The number of thioether (sulfide) groups is 1. The van der Waals surface area contributed by atoms with E-state index in [-0.39, 0.29) is 11.8 Å². The summed E-state index contributed by atoms with van der Waals surface area (Å²) in [5.41, 5.74) is 2.85. The lowest BCUT2D eigenvalue weighted by atomic mass is 10.1. The van der Waals surface area contributed by atoms with Gasteiger partial charge in [0.25, 0.3) is 5.91 Å². The molecule has 0 aromatic heterocycles. The van der Waals surface area contributed by atoms with Gasteiger partial charge in [-0.05, 0) is 36.2 Å². The van der Waals surface area contributed by atoms with Crippen LogP contribution in [-0.2, 0) is 9.59 Å². The summed E-state index contributed by atoms with van der Waals surface area (Å²) in [5.74, 6) is 1.26. The van der Waals surface area contributed by atoms with E-state index in [2.05, 4.69) is 5.32 Å². The van der Waals surface area contributed by atoms with Crippen LogP contribution in [0.1, 0.15) is 30.5 Å². The number of carbonyl (C=O) groups is 2. The number of ether oxygens (including phenoxy) is 2. The maximum Gasteiger partial charge on any atom is 0.263 e. The third-order valence-corrected chi connectivity index (χ3v) is 7.48. The molecule has 9 heteroatoms. The molecule has 0 spiro atoms. The molecule has 0 saturated heterocycles. The number of para-hydroxylation sites is 1. The molecule has 0 unspecified atom stereocenters. The van der Waals surface area contributed by atoms with Crippen molar-refractivity contribution in [3.8, 4) is 11.5 Å². The van der Waals surface area contributed by atoms with Gasteiger partial charge in [0.05, 0.1) is 30.8 Å². The van der Waals surface area contributed by atoms with E-state index >= 15 is 0 Å². The Morgan fingerprint density at radius 2 is 1.81 bits per heavy atom. The summed E-state index contributed by atoms with van der Waals surface area (Å²) in [6, 6.07) is 21.6. The maximum absolute atomic E-state index is 13.6. The minimum absolute atomic E-state index is 0.186. The zero-order valence-electron chi connectivity index (χ0n) is 20.7. The number of benzene rings is 3. The number of carbonyl (C=O) groups excluding carboxylic acids is 2. The van der Waals surface area contributed by atoms with Gasteiger partial charge in [0.1, 0.15) is 17.3 Å². The van der Waals surface area contributed by atoms with Gasteiger partial charge in [-0.15, -0.1) is 0 Å². The summed E-state index contributed by atoms with van der Waals surface area (Å²) in [5, 5.41) is 2.87. The Bertz CT molecular complexity index is 1410. The van der Waals surface area contributed by atoms with Gasteiger partial charge in [-0.2, -0.15) is 0 Å². The van der Waals surface area contributed by atoms with Crippen LogP contribution in [0, 0.1) is 0 Å². The SMILES string of the molecule is CC[C@@H](SC1=Nc2ccccc2C2=N[C@H](c3ccccc3)C(=O)N12)C(=O)Nc1ccc(OC)cc1OC. The number of fused-ring (bicyclic) bond motifs is 3. The van der Waals surface area contributed by atoms with Crippen LogP contribution in [0.25, 0.3) is 0 Å². The molecule has 8 nitrogen and oxygen atoms in total. The van der Waals surface area contributed by atoms with Crippen LogP contribution in [0.15, 0.2) is 82.8 Å². The number of nitrogens with zero attached hydrogens (tertiary/aromatic N) is 3. The summed E-state index contributed by atoms with van der Waals surface area (Å²) in [6.07, 6.45) is 0.520. The molecule has 2 atom stereocenters. The van der Waals surface area contributed by atoms with Gasteiger partial charge >= 0.3 is 0 Å². The Kier molecular flexibility index (Phi) is 6.96. The second kappa shape index (κ2) is 10.5. The molecule has 2 aliphatic rings. The molecule has 0 fully saturated rings. The van der Waals surface area contributed by atoms with E-state index in [4.69, 9.17) is 19.5 Å². The van der Waals surface area contributed by atoms with Crippen LogP contribution in [-0.4, -0.2) is 47.2 Å². The van der Waals surface area contributed by atoms with Gasteiger partial charge in [-0.3, -0.25) is 9.59 Å². The lowest BCUT2D eigenvalue weighted by Gasteiger charge is -2.27. The highest BCUT2D eigenvalue weighted by molar-refractivity contribution is 8.15. The highest BCUT2D eigenvalue weighted by Gasteiger charge is 2.43. The average molecular weight is 515 g/mol. The Morgan fingerprint density at radius 3 is 2.54 bits per heavy atom. The van der Waals surface area contributed by atoms with Crippen molar-refractivity contribution in [3.63, 3.8) is 0 Å². The standard InChI is InChI=1S/C28H26N4O4S/c1-4-23(26(33)29-21-15-14-18(35-2)16-22(21)36-3)37-28-30-20-13-9-8-12-19(20)25-31-24(27(34)32(25)28)17-10-6-5-7-11-17/h5-16,23-24H,4H2,1-3H3,(H,29,33)/t23-,24-/m1/s1. The number of aliphatic imine (C=N–C) groups is 2. The molecule has 0 aliphatic carbocycles. The van der Waals surface area contributed by atoms with Crippen LogP contribution in [0.5, 0.6) is 11.5 Å². The van der Waals surface area contributed by atoms with Crippen LogP contribution in [0.2, 0.25) is 0 Å². The molecule has 188 valence electrons. The van der Waals surface area contributed by atoms with Crippen molar-refractivity contribution in [1.29, 1.82) is 0 Å². The molecular formula is C28H26N4O4S. The third kappa shape index (κ3) is 4.70. The fourth-order valence-electron chi connectivity index (χ4n) is 4.25. The molecule has 37 heavy (non-hydrogen) atoms. The molecule has 2 amide bonds. The quantitative estimate of drug-likeness (QED) is 0.469. The normalized spacial score (nSPS) is 16.8. The van der Waals surface area contributed by atoms with Crippen molar-refractivity contribution in [3.05, 3.63) is 83.9 Å². The largest absolute Gasteiger partial charge is 0.497 e. The van der Waals surface area contributed by atoms with Crippen molar-refractivity contribution in [2.24, 2.45) is 9.98 Å². The van der Waals surface area contributed by atoms with Gasteiger partial charge in [-0.1, -0.05) is 61.2 Å². The van der Waals surface area contributed by atoms with Gasteiger partial charge in [0, 0.05) is 11.6 Å². The van der Waals surface area contributed by atoms with Crippen LogP contribution < -0.4 is 14.8 Å². The fraction of sp³-hybridized carbons (Fsp3) is 0.214. The number of anilines is 1. The number of rotatable bonds is 7. The Morgan fingerprint density at radius 1 is 1.05 bits per heavy atom. The number of amides is 2. The second-order valence-electron chi connectivity index (χ2n) is 8.42. The van der Waals surface area contributed by atoms with Crippen LogP contribution in [0.4, 0.5) is 11.4 Å². The molecule has 3 aromatic carbocycles. The minimum Gasteiger partial charge on any atom is -0.497 e. The highest BCUT2D eigenvalue weighted by Crippen LogP contribution is 2.39. The number of amidine groups is 2. The first-order valence-corrected chi connectivity index (χ1v) is 12.8. The molecule has 2 heterocycles. The van der Waals surface area contributed by atoms with E-state index in [0.717, 1.165) is 11.1 Å². The summed E-state index contributed by atoms with van der Waals surface area (Å²) in [6.45, 7) is 1.92. The van der Waals surface area contributed by atoms with Gasteiger partial charge in [0.2, 0.25) is 5.91 Å². The van der Waals surface area contributed by atoms with E-state index in [1.807, 2.05) is 61.5 Å². The second-order valence-corrected chi connectivity index (χ2v) is 9.59. The smallest absolute Gasteiger partial charge is 0.263 e. The third-order valence-electron chi connectivity index (χ3n) is 6.16. The van der Waals surface area contributed by atoms with Crippen molar-refractivity contribution in [2.45, 2.75) is 24.6 Å². The first-order valence-electron chi connectivity index (χ1n) is 11.9. The summed E-state index contributed by atoms with van der Waals surface area (Å²) in [7, 11) is 3.10. The molecule has 3 aromatic rings.